The molecule has 0 atom stereocenters. The smallest absolute Gasteiger partial charge is 0.329 e. The molecule has 6 nitrogen and oxygen atoms in total. The summed E-state index contributed by atoms with van der Waals surface area (Å²) in [6.07, 6.45) is 3.94. The Labute approximate surface area is 191 Å². The molecule has 0 spiro atoms. The zero-order chi connectivity index (χ0) is 22.5. The van der Waals surface area contributed by atoms with Crippen LogP contribution in [0.2, 0.25) is 0 Å². The minimum Gasteiger partial charge on any atom is -0.480 e. The van der Waals surface area contributed by atoms with Gasteiger partial charge in [0.2, 0.25) is 0 Å². The molecule has 32 heavy (non-hydrogen) atoms. The highest BCUT2D eigenvalue weighted by Crippen LogP contribution is 2.34. The highest BCUT2D eigenvalue weighted by atomic mass is 32.1. The first-order valence-electron chi connectivity index (χ1n) is 11.0. The van der Waals surface area contributed by atoms with E-state index < -0.39 is 5.97 Å². The number of aliphatic carboxylic acids is 1. The molecule has 3 aromatic rings. The van der Waals surface area contributed by atoms with Gasteiger partial charge in [-0.05, 0) is 61.5 Å². The molecule has 2 aromatic heterocycles. The van der Waals surface area contributed by atoms with E-state index in [9.17, 15) is 9.59 Å². The molecule has 1 fully saturated rings. The van der Waals surface area contributed by atoms with E-state index in [2.05, 4.69) is 18.4 Å². The van der Waals surface area contributed by atoms with Gasteiger partial charge < -0.3 is 9.84 Å². The lowest BCUT2D eigenvalue weighted by atomic mass is 9.82. The summed E-state index contributed by atoms with van der Waals surface area (Å²) in [6.45, 7) is 2.91. The molecule has 1 aliphatic rings. The standard InChI is InChI=1S/C25H28N2O4S/c1-17-11-22(32-16-17)21-12-23(28)27(26-25(21)20-5-3-2-4-6-20)13-18-7-9-19(10-8-18)14-31-15-24(29)30/h2-6,11-12,16,18-19H,7-10,13-15H2,1H3,(H,29,30)/t18-,19-. The Hall–Kier alpha value is -2.77. The fourth-order valence-electron chi connectivity index (χ4n) is 4.33. The Kier molecular flexibility index (Phi) is 7.17. The van der Waals surface area contributed by atoms with Crippen LogP contribution in [-0.2, 0) is 16.1 Å². The van der Waals surface area contributed by atoms with Crippen LogP contribution in [0.1, 0.15) is 31.2 Å². The summed E-state index contributed by atoms with van der Waals surface area (Å²) in [7, 11) is 0. The van der Waals surface area contributed by atoms with Crippen LogP contribution in [0.25, 0.3) is 21.7 Å². The van der Waals surface area contributed by atoms with Gasteiger partial charge in [-0.2, -0.15) is 5.10 Å². The van der Waals surface area contributed by atoms with Crippen LogP contribution >= 0.6 is 11.3 Å². The highest BCUT2D eigenvalue weighted by Gasteiger charge is 2.23. The predicted octanol–water partition coefficient (Wildman–Crippen LogP) is 4.85. The Morgan fingerprint density at radius 1 is 1.16 bits per heavy atom. The minimum absolute atomic E-state index is 0.0716. The molecule has 2 heterocycles. The third-order valence-corrected chi connectivity index (χ3v) is 7.10. The zero-order valence-corrected chi connectivity index (χ0v) is 19.0. The van der Waals surface area contributed by atoms with Crippen LogP contribution in [0.4, 0.5) is 0 Å². The van der Waals surface area contributed by atoms with Crippen LogP contribution in [0, 0.1) is 18.8 Å². The summed E-state index contributed by atoms with van der Waals surface area (Å²) in [6, 6.07) is 13.9. The van der Waals surface area contributed by atoms with E-state index in [1.54, 1.807) is 22.1 Å². The van der Waals surface area contributed by atoms with Crippen molar-refractivity contribution < 1.29 is 14.6 Å². The molecule has 168 valence electrons. The number of carboxylic acid groups (broad SMARTS) is 1. The van der Waals surface area contributed by atoms with Gasteiger partial charge >= 0.3 is 5.97 Å². The summed E-state index contributed by atoms with van der Waals surface area (Å²) >= 11 is 1.63. The zero-order valence-electron chi connectivity index (χ0n) is 18.2. The third kappa shape index (κ3) is 5.53. The molecule has 1 saturated carbocycles. The molecule has 0 aliphatic heterocycles. The minimum atomic E-state index is -0.931. The molecule has 0 saturated heterocycles. The number of thiophene rings is 1. The van der Waals surface area contributed by atoms with Crippen molar-refractivity contribution in [2.24, 2.45) is 11.8 Å². The Morgan fingerprint density at radius 2 is 1.88 bits per heavy atom. The maximum atomic E-state index is 13.0. The molecular weight excluding hydrogens is 424 g/mol. The van der Waals surface area contributed by atoms with Gasteiger partial charge in [0, 0.05) is 28.6 Å². The first-order valence-corrected chi connectivity index (χ1v) is 11.9. The number of aromatic nitrogens is 2. The van der Waals surface area contributed by atoms with E-state index in [4.69, 9.17) is 14.9 Å². The summed E-state index contributed by atoms with van der Waals surface area (Å²) in [5.74, 6) is -0.159. The second-order valence-electron chi connectivity index (χ2n) is 8.58. The molecule has 1 aliphatic carbocycles. The Bertz CT molecular complexity index is 1110. The summed E-state index contributed by atoms with van der Waals surface area (Å²) < 4.78 is 6.89. The highest BCUT2D eigenvalue weighted by molar-refractivity contribution is 7.13. The molecule has 4 rings (SSSR count). The molecule has 0 unspecified atom stereocenters. The fourth-order valence-corrected chi connectivity index (χ4v) is 5.25. The number of benzene rings is 1. The first-order chi connectivity index (χ1) is 15.5. The largest absolute Gasteiger partial charge is 0.480 e. The number of hydrogen-bond donors (Lipinski definition) is 1. The Balaban J connectivity index is 1.52. The van der Waals surface area contributed by atoms with Gasteiger partial charge in [0.05, 0.1) is 12.3 Å². The lowest BCUT2D eigenvalue weighted by molar-refractivity contribution is -0.142. The number of carboxylic acids is 1. The predicted molar refractivity (Wildman–Crippen MR) is 126 cm³/mol. The van der Waals surface area contributed by atoms with E-state index >= 15 is 0 Å². The number of rotatable bonds is 8. The van der Waals surface area contributed by atoms with Gasteiger partial charge in [-0.1, -0.05) is 30.3 Å². The molecule has 1 N–H and O–H groups in total. The third-order valence-electron chi connectivity index (χ3n) is 6.02. The van der Waals surface area contributed by atoms with Gasteiger partial charge in [-0.3, -0.25) is 4.79 Å². The number of aryl methyl sites for hydroxylation is 1. The number of hydrogen-bond acceptors (Lipinski definition) is 5. The van der Waals surface area contributed by atoms with E-state index in [1.807, 2.05) is 30.3 Å². The van der Waals surface area contributed by atoms with Crippen LogP contribution in [0.3, 0.4) is 0 Å². The average Bonchev–Trinajstić information content (AvgIpc) is 3.22. The molecule has 0 amide bonds. The lowest BCUT2D eigenvalue weighted by Gasteiger charge is -2.28. The Morgan fingerprint density at radius 3 is 2.53 bits per heavy atom. The van der Waals surface area contributed by atoms with Gasteiger partial charge in [-0.25, -0.2) is 9.48 Å². The second-order valence-corrected chi connectivity index (χ2v) is 9.49. The van der Waals surface area contributed by atoms with Crippen LogP contribution in [0.15, 0.2) is 52.6 Å². The molecule has 7 heteroatoms. The van der Waals surface area contributed by atoms with Crippen molar-refractivity contribution in [2.45, 2.75) is 39.2 Å². The number of nitrogens with zero attached hydrogens (tertiary/aromatic N) is 2. The fraction of sp³-hybridized carbons (Fsp3) is 0.400. The number of carbonyl (C=O) groups is 1. The maximum absolute atomic E-state index is 13.0. The van der Waals surface area contributed by atoms with Crippen LogP contribution in [-0.4, -0.2) is 34.1 Å². The average molecular weight is 453 g/mol. The summed E-state index contributed by atoms with van der Waals surface area (Å²) in [4.78, 5) is 24.6. The van der Waals surface area contributed by atoms with Crippen molar-refractivity contribution in [3.8, 4) is 21.7 Å². The van der Waals surface area contributed by atoms with E-state index in [1.165, 1.54) is 5.56 Å². The molecule has 0 radical (unpaired) electrons. The molecule has 0 bridgehead atoms. The normalized spacial score (nSPS) is 18.5. The second kappa shape index (κ2) is 10.2. The van der Waals surface area contributed by atoms with Crippen molar-refractivity contribution in [1.82, 2.24) is 9.78 Å². The van der Waals surface area contributed by atoms with E-state index in [0.717, 1.165) is 47.4 Å². The van der Waals surface area contributed by atoms with Crippen LogP contribution in [0.5, 0.6) is 0 Å². The monoisotopic (exact) mass is 452 g/mol. The topological polar surface area (TPSA) is 81.4 Å². The first kappa shape index (κ1) is 22.4. The lowest BCUT2D eigenvalue weighted by Crippen LogP contribution is -2.29. The van der Waals surface area contributed by atoms with E-state index in [0.29, 0.717) is 25.0 Å². The van der Waals surface area contributed by atoms with Crippen molar-refractivity contribution in [1.29, 1.82) is 0 Å². The van der Waals surface area contributed by atoms with Crippen LogP contribution < -0.4 is 5.56 Å². The van der Waals surface area contributed by atoms with Gasteiger partial charge in [0.1, 0.15) is 6.61 Å². The molecule has 1 aromatic carbocycles. The van der Waals surface area contributed by atoms with Crippen molar-refractivity contribution in [3.63, 3.8) is 0 Å². The van der Waals surface area contributed by atoms with Crippen molar-refractivity contribution >= 4 is 17.3 Å². The summed E-state index contributed by atoms with van der Waals surface area (Å²) in [5, 5.41) is 15.6. The maximum Gasteiger partial charge on any atom is 0.329 e. The van der Waals surface area contributed by atoms with Crippen molar-refractivity contribution in [3.05, 3.63) is 63.8 Å². The van der Waals surface area contributed by atoms with Gasteiger partial charge in [0.15, 0.2) is 0 Å². The van der Waals surface area contributed by atoms with Crippen molar-refractivity contribution in [2.75, 3.05) is 13.2 Å². The van der Waals surface area contributed by atoms with Gasteiger partial charge in [0.25, 0.3) is 5.56 Å². The van der Waals surface area contributed by atoms with Gasteiger partial charge in [-0.15, -0.1) is 11.3 Å². The molecular formula is C25H28N2O4S. The SMILES string of the molecule is Cc1csc(-c2cc(=O)n(C[C@H]3CC[C@H](COCC(=O)O)CC3)nc2-c2ccccc2)c1. The van der Waals surface area contributed by atoms with E-state index in [-0.39, 0.29) is 12.2 Å². The number of ether oxygens (including phenoxy) is 1. The quantitative estimate of drug-likeness (QED) is 0.528. The summed E-state index contributed by atoms with van der Waals surface area (Å²) in [5.41, 5.74) is 3.83.